The molecular weight excluding hydrogens is 240 g/mol. The Labute approximate surface area is 110 Å². The van der Waals surface area contributed by atoms with E-state index in [4.69, 9.17) is 0 Å². The van der Waals surface area contributed by atoms with Crippen LogP contribution in [-0.2, 0) is 13.1 Å². The minimum Gasteiger partial charge on any atom is -0.345 e. The zero-order valence-electron chi connectivity index (χ0n) is 11.1. The van der Waals surface area contributed by atoms with Crippen molar-refractivity contribution < 1.29 is 0 Å². The third-order valence-electron chi connectivity index (χ3n) is 3.46. The Kier molecular flexibility index (Phi) is 2.74. The van der Waals surface area contributed by atoms with Gasteiger partial charge in [-0.05, 0) is 26.0 Å². The first kappa shape index (κ1) is 11.8. The number of nitrogens with one attached hydrogen (secondary N) is 1. The van der Waals surface area contributed by atoms with Crippen LogP contribution in [0.4, 0.5) is 0 Å². The fraction of sp³-hybridized carbons (Fsp3) is 0.286. The fourth-order valence-electron chi connectivity index (χ4n) is 2.51. The summed E-state index contributed by atoms with van der Waals surface area (Å²) in [6.07, 6.45) is 3.44. The molecule has 0 radical (unpaired) electrons. The quantitative estimate of drug-likeness (QED) is 0.781. The highest BCUT2D eigenvalue weighted by Crippen LogP contribution is 2.22. The molecule has 0 aliphatic carbocycles. The Balaban J connectivity index is 2.31. The summed E-state index contributed by atoms with van der Waals surface area (Å²) in [6.45, 7) is 5.34. The lowest BCUT2D eigenvalue weighted by Gasteiger charge is -2.01. The summed E-state index contributed by atoms with van der Waals surface area (Å²) in [6, 6.07) is 6.06. The predicted octanol–water partition coefficient (Wildman–Crippen LogP) is 2.23. The van der Waals surface area contributed by atoms with Crippen molar-refractivity contribution >= 4 is 11.0 Å². The first-order valence-corrected chi connectivity index (χ1v) is 6.48. The van der Waals surface area contributed by atoms with Gasteiger partial charge in [0, 0.05) is 18.7 Å². The second kappa shape index (κ2) is 4.42. The highest BCUT2D eigenvalue weighted by molar-refractivity contribution is 5.81. The zero-order valence-corrected chi connectivity index (χ0v) is 11.1. The molecule has 0 fully saturated rings. The number of hydrogen-bond donors (Lipinski definition) is 1. The van der Waals surface area contributed by atoms with Gasteiger partial charge in [-0.15, -0.1) is 0 Å². The molecule has 0 aliphatic rings. The number of benzene rings is 1. The Morgan fingerprint density at radius 3 is 2.53 bits per heavy atom. The number of aromatic nitrogens is 4. The number of rotatable bonds is 3. The molecule has 3 aromatic rings. The summed E-state index contributed by atoms with van der Waals surface area (Å²) in [5.41, 5.74) is 4.02. The molecule has 0 amide bonds. The van der Waals surface area contributed by atoms with Crippen LogP contribution in [0, 0.1) is 0 Å². The number of fused-ring (bicyclic) bond motifs is 1. The third kappa shape index (κ3) is 1.69. The van der Waals surface area contributed by atoms with E-state index in [0.717, 1.165) is 22.3 Å². The van der Waals surface area contributed by atoms with Crippen molar-refractivity contribution in [2.24, 2.45) is 0 Å². The highest BCUT2D eigenvalue weighted by atomic mass is 16.1. The number of aryl methyl sites for hydroxylation is 2. The van der Waals surface area contributed by atoms with Gasteiger partial charge < -0.3 is 4.98 Å². The molecule has 1 aromatic carbocycles. The van der Waals surface area contributed by atoms with Crippen molar-refractivity contribution in [3.05, 3.63) is 41.2 Å². The Bertz CT molecular complexity index is 765. The van der Waals surface area contributed by atoms with E-state index in [9.17, 15) is 4.79 Å². The van der Waals surface area contributed by atoms with Crippen molar-refractivity contribution in [3.63, 3.8) is 0 Å². The normalized spacial score (nSPS) is 11.3. The molecule has 19 heavy (non-hydrogen) atoms. The minimum absolute atomic E-state index is 0.0572. The van der Waals surface area contributed by atoms with Gasteiger partial charge in [0.05, 0.1) is 29.3 Å². The summed E-state index contributed by atoms with van der Waals surface area (Å²) in [5.74, 6) is 0. The second-order valence-electron chi connectivity index (χ2n) is 4.44. The van der Waals surface area contributed by atoms with Crippen LogP contribution in [-0.4, -0.2) is 19.1 Å². The third-order valence-corrected chi connectivity index (χ3v) is 3.46. The Hall–Kier alpha value is -2.30. The Morgan fingerprint density at radius 1 is 1.16 bits per heavy atom. The topological polar surface area (TPSA) is 55.6 Å². The van der Waals surface area contributed by atoms with Gasteiger partial charge in [-0.2, -0.15) is 0 Å². The Morgan fingerprint density at radius 2 is 1.89 bits per heavy atom. The minimum atomic E-state index is 0.0572. The SMILES string of the molecule is CCn1c(=O)n(CC)c2cc(-c3cnc[nH]3)ccc21. The molecule has 0 unspecified atom stereocenters. The maximum Gasteiger partial charge on any atom is 0.329 e. The molecule has 0 aliphatic heterocycles. The molecule has 0 atom stereocenters. The van der Waals surface area contributed by atoms with Crippen molar-refractivity contribution in [3.8, 4) is 11.3 Å². The lowest BCUT2D eigenvalue weighted by Crippen LogP contribution is -2.22. The molecular formula is C14H16N4O. The first-order chi connectivity index (χ1) is 9.26. The van der Waals surface area contributed by atoms with Gasteiger partial charge in [-0.3, -0.25) is 9.13 Å². The molecule has 98 valence electrons. The first-order valence-electron chi connectivity index (χ1n) is 6.48. The average Bonchev–Trinajstić information content (AvgIpc) is 3.03. The van der Waals surface area contributed by atoms with Crippen LogP contribution in [0.2, 0.25) is 0 Å². The van der Waals surface area contributed by atoms with Crippen LogP contribution in [0.5, 0.6) is 0 Å². The van der Waals surface area contributed by atoms with Gasteiger partial charge >= 0.3 is 5.69 Å². The largest absolute Gasteiger partial charge is 0.345 e. The summed E-state index contributed by atoms with van der Waals surface area (Å²) >= 11 is 0. The van der Waals surface area contributed by atoms with Gasteiger partial charge in [0.25, 0.3) is 0 Å². The van der Waals surface area contributed by atoms with Crippen LogP contribution in [0.1, 0.15) is 13.8 Å². The average molecular weight is 256 g/mol. The fourth-order valence-corrected chi connectivity index (χ4v) is 2.51. The van der Waals surface area contributed by atoms with Gasteiger partial charge in [-0.1, -0.05) is 6.07 Å². The van der Waals surface area contributed by atoms with Crippen LogP contribution in [0.15, 0.2) is 35.5 Å². The van der Waals surface area contributed by atoms with E-state index >= 15 is 0 Å². The van der Waals surface area contributed by atoms with E-state index in [1.165, 1.54) is 0 Å². The van der Waals surface area contributed by atoms with Crippen molar-refractivity contribution in [1.29, 1.82) is 0 Å². The predicted molar refractivity (Wildman–Crippen MR) is 75.1 cm³/mol. The summed E-state index contributed by atoms with van der Waals surface area (Å²) < 4.78 is 3.61. The smallest absolute Gasteiger partial charge is 0.329 e. The highest BCUT2D eigenvalue weighted by Gasteiger charge is 2.12. The van der Waals surface area contributed by atoms with E-state index < -0.39 is 0 Å². The van der Waals surface area contributed by atoms with Crippen molar-refractivity contribution in [1.82, 2.24) is 19.1 Å². The summed E-state index contributed by atoms with van der Waals surface area (Å²) in [5, 5.41) is 0. The molecule has 2 aromatic heterocycles. The van der Waals surface area contributed by atoms with Crippen molar-refractivity contribution in [2.45, 2.75) is 26.9 Å². The standard InChI is InChI=1S/C14H16N4O/c1-3-17-12-6-5-10(11-8-15-9-16-11)7-13(12)18(4-2)14(17)19/h5-9H,3-4H2,1-2H3,(H,15,16). The molecule has 0 saturated carbocycles. The molecule has 2 heterocycles. The van der Waals surface area contributed by atoms with Crippen LogP contribution in [0.25, 0.3) is 22.3 Å². The zero-order chi connectivity index (χ0) is 13.4. The second-order valence-corrected chi connectivity index (χ2v) is 4.44. The van der Waals surface area contributed by atoms with Gasteiger partial charge in [0.1, 0.15) is 0 Å². The van der Waals surface area contributed by atoms with E-state index in [1.807, 2.05) is 32.0 Å². The van der Waals surface area contributed by atoms with E-state index in [0.29, 0.717) is 13.1 Å². The maximum atomic E-state index is 12.3. The van der Waals surface area contributed by atoms with Gasteiger partial charge in [-0.25, -0.2) is 9.78 Å². The molecule has 0 spiro atoms. The van der Waals surface area contributed by atoms with Crippen molar-refractivity contribution in [2.75, 3.05) is 0 Å². The molecule has 5 nitrogen and oxygen atoms in total. The van der Waals surface area contributed by atoms with Crippen LogP contribution >= 0.6 is 0 Å². The van der Waals surface area contributed by atoms with E-state index in [-0.39, 0.29) is 5.69 Å². The van der Waals surface area contributed by atoms with E-state index in [1.54, 1.807) is 21.7 Å². The molecule has 0 bridgehead atoms. The van der Waals surface area contributed by atoms with Gasteiger partial charge in [0.15, 0.2) is 0 Å². The number of imidazole rings is 2. The lowest BCUT2D eigenvalue weighted by molar-refractivity contribution is 0.671. The van der Waals surface area contributed by atoms with Gasteiger partial charge in [0.2, 0.25) is 0 Å². The van der Waals surface area contributed by atoms with Crippen LogP contribution in [0.3, 0.4) is 0 Å². The summed E-state index contributed by atoms with van der Waals surface area (Å²) in [7, 11) is 0. The number of hydrogen-bond acceptors (Lipinski definition) is 2. The molecule has 1 N–H and O–H groups in total. The maximum absolute atomic E-state index is 12.3. The molecule has 5 heteroatoms. The molecule has 3 rings (SSSR count). The lowest BCUT2D eigenvalue weighted by atomic mass is 10.1. The number of nitrogens with zero attached hydrogens (tertiary/aromatic N) is 3. The number of H-pyrrole nitrogens is 1. The summed E-state index contributed by atoms with van der Waals surface area (Å²) in [4.78, 5) is 19.4. The van der Waals surface area contributed by atoms with E-state index in [2.05, 4.69) is 9.97 Å². The molecule has 0 saturated heterocycles. The monoisotopic (exact) mass is 256 g/mol. The number of aromatic amines is 1. The van der Waals surface area contributed by atoms with Crippen LogP contribution < -0.4 is 5.69 Å².